The Balaban J connectivity index is 2.10. The highest BCUT2D eigenvalue weighted by Gasteiger charge is 2.35. The Morgan fingerprint density at radius 1 is 1.00 bits per heavy atom. The van der Waals surface area contributed by atoms with Gasteiger partial charge in [0.1, 0.15) is 17.8 Å². The smallest absolute Gasteiger partial charge is 0.130 e. The van der Waals surface area contributed by atoms with Crippen LogP contribution in [-0.2, 0) is 10.2 Å². The maximum Gasteiger partial charge on any atom is 0.130 e. The van der Waals surface area contributed by atoms with Crippen molar-refractivity contribution < 1.29 is 14.3 Å². The SMILES string of the molecule is COc1cccc(C(C)N(C)CCCC(C=O)(c2cccc(OC)c2)C(C)C)c1. The molecule has 158 valence electrons. The summed E-state index contributed by atoms with van der Waals surface area (Å²) in [6.07, 6.45) is 2.87. The van der Waals surface area contributed by atoms with Crippen LogP contribution in [0.15, 0.2) is 48.5 Å². The van der Waals surface area contributed by atoms with Crippen molar-refractivity contribution in [2.24, 2.45) is 5.92 Å². The van der Waals surface area contributed by atoms with E-state index in [2.05, 4.69) is 44.9 Å². The lowest BCUT2D eigenvalue weighted by atomic mass is 9.69. The van der Waals surface area contributed by atoms with Gasteiger partial charge in [0.05, 0.1) is 19.6 Å². The van der Waals surface area contributed by atoms with Gasteiger partial charge in [-0.25, -0.2) is 0 Å². The number of ether oxygens (including phenoxy) is 2. The van der Waals surface area contributed by atoms with E-state index in [0.717, 1.165) is 42.7 Å². The summed E-state index contributed by atoms with van der Waals surface area (Å²) in [4.78, 5) is 14.6. The Hall–Kier alpha value is -2.33. The number of carbonyl (C=O) groups is 1. The standard InChI is InChI=1S/C25H35NO3/c1-19(2)25(18-27,22-11-8-13-24(17-22)29-6)14-9-15-26(4)20(3)21-10-7-12-23(16-21)28-5/h7-8,10-13,16-20H,9,14-15H2,1-6H3. The molecule has 0 amide bonds. The summed E-state index contributed by atoms with van der Waals surface area (Å²) in [5.41, 5.74) is 1.75. The van der Waals surface area contributed by atoms with Crippen LogP contribution >= 0.6 is 0 Å². The van der Waals surface area contributed by atoms with Crippen LogP contribution in [0.4, 0.5) is 0 Å². The van der Waals surface area contributed by atoms with Gasteiger partial charge in [-0.3, -0.25) is 4.90 Å². The van der Waals surface area contributed by atoms with Crippen LogP contribution in [0.3, 0.4) is 0 Å². The fourth-order valence-corrected chi connectivity index (χ4v) is 3.91. The van der Waals surface area contributed by atoms with Crippen LogP contribution in [0.25, 0.3) is 0 Å². The molecule has 0 aliphatic heterocycles. The predicted molar refractivity (Wildman–Crippen MR) is 119 cm³/mol. The first-order valence-electron chi connectivity index (χ1n) is 10.3. The second-order valence-corrected chi connectivity index (χ2v) is 8.08. The molecule has 0 heterocycles. The molecule has 2 aromatic rings. The zero-order valence-corrected chi connectivity index (χ0v) is 18.6. The quantitative estimate of drug-likeness (QED) is 0.484. The van der Waals surface area contributed by atoms with E-state index in [9.17, 15) is 4.79 Å². The first kappa shape index (κ1) is 23.0. The van der Waals surface area contributed by atoms with Crippen LogP contribution in [0.5, 0.6) is 11.5 Å². The van der Waals surface area contributed by atoms with Crippen molar-refractivity contribution in [3.8, 4) is 11.5 Å². The third kappa shape index (κ3) is 5.39. The van der Waals surface area contributed by atoms with Gasteiger partial charge in [-0.15, -0.1) is 0 Å². The molecular weight excluding hydrogens is 362 g/mol. The summed E-state index contributed by atoms with van der Waals surface area (Å²) in [6, 6.07) is 16.4. The summed E-state index contributed by atoms with van der Waals surface area (Å²) >= 11 is 0. The first-order chi connectivity index (χ1) is 13.9. The minimum Gasteiger partial charge on any atom is -0.497 e. The number of methoxy groups -OCH3 is 2. The van der Waals surface area contributed by atoms with E-state index < -0.39 is 5.41 Å². The number of carbonyl (C=O) groups excluding carboxylic acids is 1. The van der Waals surface area contributed by atoms with E-state index >= 15 is 0 Å². The molecule has 0 fully saturated rings. The molecule has 0 aliphatic carbocycles. The lowest BCUT2D eigenvalue weighted by molar-refractivity contribution is -0.114. The second kappa shape index (κ2) is 10.4. The monoisotopic (exact) mass is 397 g/mol. The van der Waals surface area contributed by atoms with Crippen molar-refractivity contribution in [3.63, 3.8) is 0 Å². The minimum absolute atomic E-state index is 0.202. The van der Waals surface area contributed by atoms with Crippen molar-refractivity contribution in [1.29, 1.82) is 0 Å². The Morgan fingerprint density at radius 3 is 2.21 bits per heavy atom. The highest BCUT2D eigenvalue weighted by molar-refractivity contribution is 5.69. The normalized spacial score (nSPS) is 14.5. The molecule has 0 aromatic heterocycles. The Labute approximate surface area is 175 Å². The van der Waals surface area contributed by atoms with E-state index in [1.165, 1.54) is 5.56 Å². The van der Waals surface area contributed by atoms with Crippen LogP contribution in [0, 0.1) is 5.92 Å². The fourth-order valence-electron chi connectivity index (χ4n) is 3.91. The van der Waals surface area contributed by atoms with Gasteiger partial charge in [0, 0.05) is 6.04 Å². The molecule has 2 aromatic carbocycles. The van der Waals surface area contributed by atoms with E-state index in [0.29, 0.717) is 0 Å². The van der Waals surface area contributed by atoms with E-state index in [4.69, 9.17) is 9.47 Å². The first-order valence-corrected chi connectivity index (χ1v) is 10.3. The molecule has 0 aliphatic rings. The van der Waals surface area contributed by atoms with Gasteiger partial charge in [-0.2, -0.15) is 0 Å². The van der Waals surface area contributed by atoms with Gasteiger partial charge in [-0.05, 0) is 74.7 Å². The average molecular weight is 398 g/mol. The van der Waals surface area contributed by atoms with Crippen molar-refractivity contribution >= 4 is 6.29 Å². The number of hydrogen-bond acceptors (Lipinski definition) is 4. The number of rotatable bonds is 11. The molecule has 4 heteroatoms. The third-order valence-corrected chi connectivity index (χ3v) is 6.19. The average Bonchev–Trinajstić information content (AvgIpc) is 2.76. The predicted octanol–water partition coefficient (Wildman–Crippen LogP) is 5.27. The zero-order chi connectivity index (χ0) is 21.4. The topological polar surface area (TPSA) is 38.8 Å². The van der Waals surface area contributed by atoms with E-state index in [1.54, 1.807) is 14.2 Å². The van der Waals surface area contributed by atoms with Crippen LogP contribution in [0.2, 0.25) is 0 Å². The molecule has 0 radical (unpaired) electrons. The summed E-state index contributed by atoms with van der Waals surface area (Å²) in [5.74, 6) is 1.87. The summed E-state index contributed by atoms with van der Waals surface area (Å²) in [7, 11) is 5.48. The molecule has 4 nitrogen and oxygen atoms in total. The second-order valence-electron chi connectivity index (χ2n) is 8.08. The number of hydrogen-bond donors (Lipinski definition) is 0. The van der Waals surface area contributed by atoms with Crippen molar-refractivity contribution in [2.75, 3.05) is 27.8 Å². The summed E-state index contributed by atoms with van der Waals surface area (Å²) in [5, 5.41) is 0. The van der Waals surface area contributed by atoms with Gasteiger partial charge in [0.25, 0.3) is 0 Å². The largest absolute Gasteiger partial charge is 0.497 e. The molecule has 0 saturated heterocycles. The van der Waals surface area contributed by atoms with Gasteiger partial charge in [-0.1, -0.05) is 38.1 Å². The Kier molecular flexibility index (Phi) is 8.27. The van der Waals surface area contributed by atoms with Crippen LogP contribution < -0.4 is 9.47 Å². The highest BCUT2D eigenvalue weighted by atomic mass is 16.5. The van der Waals surface area contributed by atoms with Gasteiger partial charge < -0.3 is 14.3 Å². The molecule has 0 saturated carbocycles. The number of nitrogens with zero attached hydrogens (tertiary/aromatic N) is 1. The van der Waals surface area contributed by atoms with Gasteiger partial charge in [0.15, 0.2) is 0 Å². The molecule has 2 atom stereocenters. The fraction of sp³-hybridized carbons (Fsp3) is 0.480. The molecule has 0 N–H and O–H groups in total. The maximum absolute atomic E-state index is 12.3. The molecule has 2 rings (SSSR count). The summed E-state index contributed by atoms with van der Waals surface area (Å²) < 4.78 is 10.7. The van der Waals surface area contributed by atoms with Crippen LogP contribution in [0.1, 0.15) is 50.8 Å². The molecular formula is C25H35NO3. The minimum atomic E-state index is -0.505. The number of aldehydes is 1. The summed E-state index contributed by atoms with van der Waals surface area (Å²) in [6.45, 7) is 7.35. The Bertz CT molecular complexity index is 789. The molecule has 0 bridgehead atoms. The lowest BCUT2D eigenvalue weighted by Gasteiger charge is -2.34. The maximum atomic E-state index is 12.3. The molecule has 0 spiro atoms. The van der Waals surface area contributed by atoms with E-state index in [-0.39, 0.29) is 12.0 Å². The van der Waals surface area contributed by atoms with Gasteiger partial charge in [0.2, 0.25) is 0 Å². The van der Waals surface area contributed by atoms with Crippen LogP contribution in [-0.4, -0.2) is 39.0 Å². The number of benzene rings is 2. The van der Waals surface area contributed by atoms with Crippen molar-refractivity contribution in [1.82, 2.24) is 4.90 Å². The molecule has 29 heavy (non-hydrogen) atoms. The lowest BCUT2D eigenvalue weighted by Crippen LogP contribution is -2.35. The van der Waals surface area contributed by atoms with Crippen molar-refractivity contribution in [2.45, 2.75) is 45.1 Å². The van der Waals surface area contributed by atoms with E-state index in [1.807, 2.05) is 36.4 Å². The molecule has 2 unspecified atom stereocenters. The Morgan fingerprint density at radius 2 is 1.62 bits per heavy atom. The van der Waals surface area contributed by atoms with Crippen molar-refractivity contribution in [3.05, 3.63) is 59.7 Å². The highest BCUT2D eigenvalue weighted by Crippen LogP contribution is 2.37. The third-order valence-electron chi connectivity index (χ3n) is 6.19. The zero-order valence-electron chi connectivity index (χ0n) is 18.6. The van der Waals surface area contributed by atoms with Gasteiger partial charge >= 0.3 is 0 Å².